The fourth-order valence-electron chi connectivity index (χ4n) is 2.74. The first-order chi connectivity index (χ1) is 11.6. The molecule has 0 radical (unpaired) electrons. The maximum Gasteiger partial charge on any atom is 0.259 e. The number of aryl methyl sites for hydroxylation is 1. The second-order valence-electron chi connectivity index (χ2n) is 6.10. The van der Waals surface area contributed by atoms with Gasteiger partial charge in [0.1, 0.15) is 11.3 Å². The molecule has 122 valence electrons. The van der Waals surface area contributed by atoms with Gasteiger partial charge >= 0.3 is 0 Å². The molecule has 1 amide bonds. The highest BCUT2D eigenvalue weighted by atomic mass is 16.5. The molecule has 1 aliphatic rings. The average Bonchev–Trinajstić information content (AvgIpc) is 2.57. The van der Waals surface area contributed by atoms with Crippen molar-refractivity contribution < 1.29 is 9.53 Å². The second-order valence-corrected chi connectivity index (χ2v) is 6.10. The van der Waals surface area contributed by atoms with E-state index < -0.39 is 5.54 Å². The quantitative estimate of drug-likeness (QED) is 0.918. The van der Waals surface area contributed by atoms with E-state index in [1.165, 1.54) is 0 Å². The number of nitrogens with one attached hydrogen (secondary N) is 1. The normalized spacial score (nSPS) is 15.0. The maximum absolute atomic E-state index is 11.9. The summed E-state index contributed by atoms with van der Waals surface area (Å²) in [5, 5.41) is 11.9. The Bertz CT molecular complexity index is 774. The van der Waals surface area contributed by atoms with Crippen molar-refractivity contribution in [1.82, 2.24) is 10.3 Å². The summed E-state index contributed by atoms with van der Waals surface area (Å²) in [5.74, 6) is 0.360. The molecule has 1 saturated carbocycles. The number of benzene rings is 1. The first-order valence-corrected chi connectivity index (χ1v) is 7.98. The van der Waals surface area contributed by atoms with Crippen LogP contribution in [0.2, 0.25) is 0 Å². The Labute approximate surface area is 141 Å². The molecule has 24 heavy (non-hydrogen) atoms. The van der Waals surface area contributed by atoms with Gasteiger partial charge in [0.15, 0.2) is 6.61 Å². The number of pyridine rings is 1. The number of aromatic nitrogens is 1. The standard InChI is InChI=1S/C19H19N3O2/c1-14-7-10-21-11-17(14)15-3-5-16(6-4-15)24-12-18(23)22-19(13-20)8-2-9-19/h3-7,10-11H,2,8-9,12H2,1H3,(H,22,23). The van der Waals surface area contributed by atoms with Crippen LogP contribution >= 0.6 is 0 Å². The van der Waals surface area contributed by atoms with Crippen molar-refractivity contribution in [3.8, 4) is 22.9 Å². The van der Waals surface area contributed by atoms with Crippen LogP contribution < -0.4 is 10.1 Å². The highest BCUT2D eigenvalue weighted by Gasteiger charge is 2.38. The Morgan fingerprint density at radius 1 is 1.33 bits per heavy atom. The summed E-state index contributed by atoms with van der Waals surface area (Å²) in [7, 11) is 0. The van der Waals surface area contributed by atoms with Gasteiger partial charge in [0.05, 0.1) is 6.07 Å². The van der Waals surface area contributed by atoms with Gasteiger partial charge in [-0.05, 0) is 55.5 Å². The van der Waals surface area contributed by atoms with E-state index in [2.05, 4.69) is 16.4 Å². The molecule has 1 aromatic heterocycles. The smallest absolute Gasteiger partial charge is 0.259 e. The van der Waals surface area contributed by atoms with E-state index in [0.717, 1.165) is 23.1 Å². The molecule has 0 aliphatic heterocycles. The average molecular weight is 321 g/mol. The van der Waals surface area contributed by atoms with Gasteiger partial charge in [-0.3, -0.25) is 9.78 Å². The maximum atomic E-state index is 11.9. The number of nitrogens with zero attached hydrogens (tertiary/aromatic N) is 2. The molecule has 0 saturated heterocycles. The Morgan fingerprint density at radius 2 is 2.08 bits per heavy atom. The molecule has 0 unspecified atom stereocenters. The third-order valence-corrected chi connectivity index (χ3v) is 4.37. The number of rotatable bonds is 5. The molecule has 2 aromatic rings. The minimum atomic E-state index is -0.678. The molecule has 0 spiro atoms. The van der Waals surface area contributed by atoms with Gasteiger partial charge in [-0.2, -0.15) is 5.26 Å². The van der Waals surface area contributed by atoms with E-state index in [0.29, 0.717) is 18.6 Å². The van der Waals surface area contributed by atoms with Gasteiger partial charge in [0, 0.05) is 18.0 Å². The fourth-order valence-corrected chi connectivity index (χ4v) is 2.74. The van der Waals surface area contributed by atoms with Crippen molar-refractivity contribution in [2.45, 2.75) is 31.7 Å². The fraction of sp³-hybridized carbons (Fsp3) is 0.316. The second kappa shape index (κ2) is 6.71. The predicted octanol–water partition coefficient (Wildman–Crippen LogP) is 3.00. The summed E-state index contributed by atoms with van der Waals surface area (Å²) >= 11 is 0. The number of amides is 1. The van der Waals surface area contributed by atoms with E-state index >= 15 is 0 Å². The molecule has 1 aliphatic carbocycles. The Kier molecular flexibility index (Phi) is 4.48. The van der Waals surface area contributed by atoms with Crippen LogP contribution in [0.15, 0.2) is 42.7 Å². The van der Waals surface area contributed by atoms with Crippen LogP contribution in [0.5, 0.6) is 5.75 Å². The number of hydrogen-bond donors (Lipinski definition) is 1. The first-order valence-electron chi connectivity index (χ1n) is 7.98. The van der Waals surface area contributed by atoms with Gasteiger partial charge in [0.25, 0.3) is 5.91 Å². The van der Waals surface area contributed by atoms with Gasteiger partial charge in [0.2, 0.25) is 0 Å². The third-order valence-electron chi connectivity index (χ3n) is 4.37. The van der Waals surface area contributed by atoms with Crippen molar-refractivity contribution in [3.05, 3.63) is 48.3 Å². The van der Waals surface area contributed by atoms with Crippen LogP contribution in [0.3, 0.4) is 0 Å². The SMILES string of the molecule is Cc1ccncc1-c1ccc(OCC(=O)NC2(C#N)CCC2)cc1. The molecular weight excluding hydrogens is 302 g/mol. The van der Waals surface area contributed by atoms with Crippen LogP contribution in [0, 0.1) is 18.3 Å². The summed E-state index contributed by atoms with van der Waals surface area (Å²) in [4.78, 5) is 16.1. The van der Waals surface area contributed by atoms with Crippen molar-refractivity contribution in [2.24, 2.45) is 0 Å². The van der Waals surface area contributed by atoms with Crippen molar-refractivity contribution >= 4 is 5.91 Å². The molecule has 3 rings (SSSR count). The van der Waals surface area contributed by atoms with Crippen molar-refractivity contribution in [3.63, 3.8) is 0 Å². The summed E-state index contributed by atoms with van der Waals surface area (Å²) in [5.41, 5.74) is 2.60. The van der Waals surface area contributed by atoms with E-state index in [4.69, 9.17) is 10.00 Å². The molecule has 1 aromatic carbocycles. The topological polar surface area (TPSA) is 75.0 Å². The lowest BCUT2D eigenvalue weighted by Gasteiger charge is -2.35. The molecule has 0 bridgehead atoms. The van der Waals surface area contributed by atoms with E-state index in [-0.39, 0.29) is 12.5 Å². The first kappa shape index (κ1) is 16.0. The van der Waals surface area contributed by atoms with Gasteiger partial charge < -0.3 is 10.1 Å². The molecular formula is C19H19N3O2. The lowest BCUT2D eigenvalue weighted by molar-refractivity contribution is -0.125. The highest BCUT2D eigenvalue weighted by molar-refractivity contribution is 5.79. The monoisotopic (exact) mass is 321 g/mol. The van der Waals surface area contributed by atoms with Gasteiger partial charge in [-0.15, -0.1) is 0 Å². The number of ether oxygens (including phenoxy) is 1. The molecule has 1 heterocycles. The number of nitriles is 1. The Morgan fingerprint density at radius 3 is 2.67 bits per heavy atom. The zero-order valence-electron chi connectivity index (χ0n) is 13.6. The van der Waals surface area contributed by atoms with Crippen LogP contribution in [0.25, 0.3) is 11.1 Å². The zero-order chi connectivity index (χ0) is 17.0. The van der Waals surface area contributed by atoms with Gasteiger partial charge in [-0.1, -0.05) is 12.1 Å². The van der Waals surface area contributed by atoms with Crippen LogP contribution in [0.1, 0.15) is 24.8 Å². The van der Waals surface area contributed by atoms with E-state index in [9.17, 15) is 4.79 Å². The lowest BCUT2D eigenvalue weighted by atomic mass is 9.78. The minimum absolute atomic E-state index is 0.0886. The summed E-state index contributed by atoms with van der Waals surface area (Å²) in [6, 6.07) is 11.7. The molecule has 0 atom stereocenters. The number of hydrogen-bond acceptors (Lipinski definition) is 4. The third kappa shape index (κ3) is 3.38. The van der Waals surface area contributed by atoms with Crippen molar-refractivity contribution in [2.75, 3.05) is 6.61 Å². The predicted molar refractivity (Wildman–Crippen MR) is 90.2 cm³/mol. The Balaban J connectivity index is 1.58. The van der Waals surface area contributed by atoms with Crippen LogP contribution in [0.4, 0.5) is 0 Å². The van der Waals surface area contributed by atoms with Crippen LogP contribution in [-0.2, 0) is 4.79 Å². The van der Waals surface area contributed by atoms with Crippen molar-refractivity contribution in [1.29, 1.82) is 5.26 Å². The van der Waals surface area contributed by atoms with Crippen LogP contribution in [-0.4, -0.2) is 23.0 Å². The highest BCUT2D eigenvalue weighted by Crippen LogP contribution is 2.30. The zero-order valence-corrected chi connectivity index (χ0v) is 13.6. The molecule has 1 fully saturated rings. The van der Waals surface area contributed by atoms with E-state index in [1.807, 2.05) is 43.5 Å². The van der Waals surface area contributed by atoms with E-state index in [1.54, 1.807) is 6.20 Å². The lowest BCUT2D eigenvalue weighted by Crippen LogP contribution is -2.53. The minimum Gasteiger partial charge on any atom is -0.484 e. The summed E-state index contributed by atoms with van der Waals surface area (Å²) < 4.78 is 5.51. The van der Waals surface area contributed by atoms with Gasteiger partial charge in [-0.25, -0.2) is 0 Å². The number of carbonyl (C=O) groups excluding carboxylic acids is 1. The molecule has 5 heteroatoms. The summed E-state index contributed by atoms with van der Waals surface area (Å²) in [6.45, 7) is 1.95. The molecule has 1 N–H and O–H groups in total. The molecule has 5 nitrogen and oxygen atoms in total. The Hall–Kier alpha value is -2.87. The number of carbonyl (C=O) groups is 1. The largest absolute Gasteiger partial charge is 0.484 e. The summed E-state index contributed by atoms with van der Waals surface area (Å²) in [6.07, 6.45) is 6.01.